The van der Waals surface area contributed by atoms with Crippen LogP contribution in [0.2, 0.25) is 5.02 Å². The highest BCUT2D eigenvalue weighted by atomic mass is 35.5. The minimum Gasteiger partial charge on any atom is -0.445 e. The maximum atomic E-state index is 13.2. The first-order chi connectivity index (χ1) is 17.9. The van der Waals surface area contributed by atoms with Gasteiger partial charge in [-0.05, 0) is 61.8 Å². The van der Waals surface area contributed by atoms with Crippen LogP contribution in [0.3, 0.4) is 0 Å². The fraction of sp³-hybridized carbons (Fsp3) is 0.571. The molecule has 1 aliphatic heterocycles. The third-order valence-corrected chi connectivity index (χ3v) is 7.85. The van der Waals surface area contributed by atoms with Gasteiger partial charge in [0.05, 0.1) is 6.07 Å². The van der Waals surface area contributed by atoms with Gasteiger partial charge in [-0.25, -0.2) is 4.79 Å². The Bertz CT molecular complexity index is 1070. The van der Waals surface area contributed by atoms with Crippen LogP contribution in [0.4, 0.5) is 4.79 Å². The van der Waals surface area contributed by atoms with E-state index in [1.54, 1.807) is 24.3 Å². The third kappa shape index (κ3) is 9.96. The zero-order chi connectivity index (χ0) is 26.3. The molecule has 3 aliphatic rings. The normalized spacial score (nSPS) is 21.0. The number of ether oxygens (including phenoxy) is 1. The van der Waals surface area contributed by atoms with E-state index >= 15 is 0 Å². The molecule has 1 spiro atoms. The number of nitrogens with zero attached hydrogens (tertiary/aromatic N) is 1. The quantitative estimate of drug-likeness (QED) is 0.362. The van der Waals surface area contributed by atoms with Gasteiger partial charge in [0, 0.05) is 16.5 Å². The molecule has 3 atom stereocenters. The predicted molar refractivity (Wildman–Crippen MR) is 161 cm³/mol. The molecule has 1 aromatic rings. The molecular formula is C28H39ClN4O4S2. The van der Waals surface area contributed by atoms with Crippen LogP contribution >= 0.6 is 38.6 Å². The average Bonchev–Trinajstić information content (AvgIpc) is 3.56. The summed E-state index contributed by atoms with van der Waals surface area (Å²) in [5.74, 6) is -0.418. The second-order valence-corrected chi connectivity index (χ2v) is 11.0. The molecule has 11 heteroatoms. The summed E-state index contributed by atoms with van der Waals surface area (Å²) in [4.78, 5) is 38.1. The Morgan fingerprint density at radius 1 is 1.18 bits per heavy atom. The first-order valence-corrected chi connectivity index (χ1v) is 13.6. The lowest BCUT2D eigenvalue weighted by Gasteiger charge is -2.27. The first kappa shape index (κ1) is 32.9. The molecule has 3 amide bonds. The van der Waals surface area contributed by atoms with Crippen molar-refractivity contribution in [1.29, 1.82) is 5.26 Å². The summed E-state index contributed by atoms with van der Waals surface area (Å²) in [6.07, 6.45) is 11.6. The molecule has 1 heterocycles. The van der Waals surface area contributed by atoms with Crippen LogP contribution in [0.1, 0.15) is 69.8 Å². The topological polar surface area (TPSA) is 120 Å². The number of carbonyl (C=O) groups excluding carboxylic acids is 3. The van der Waals surface area contributed by atoms with E-state index in [0.717, 1.165) is 44.1 Å². The van der Waals surface area contributed by atoms with Crippen molar-refractivity contribution in [2.24, 2.45) is 11.8 Å². The van der Waals surface area contributed by atoms with Gasteiger partial charge in [0.25, 0.3) is 0 Å². The monoisotopic (exact) mass is 594 g/mol. The largest absolute Gasteiger partial charge is 0.445 e. The van der Waals surface area contributed by atoms with Crippen molar-refractivity contribution in [1.82, 2.24) is 16.0 Å². The SMILES string of the molecule is N#C[C@H](CC1CC2(CC2)NC1=O)NC(=O)[C@H](CC1CCCCC1)NC(=O)OC/C=C/c1cccc(Cl)c1.S.S. The molecular weight excluding hydrogens is 556 g/mol. The standard InChI is InChI=1S/C28H35ClN4O4.2H2S/c29-22-10-4-8-19(14-22)9-5-13-37-27(36)32-24(15-20-6-2-1-3-7-20)26(35)31-23(18-30)16-21-17-28(11-12-28)33-25(21)34;;/h4-5,8-10,14,20-21,23-24H,1-3,6-7,11-13,15-17H2,(H,31,35)(H,32,36)(H,33,34);2*1H2/b9-5+;;/t21?,23-,24-;;/m0../s1. The Balaban J connectivity index is 0.00000267. The molecule has 2 saturated carbocycles. The lowest BCUT2D eigenvalue weighted by Crippen LogP contribution is -2.50. The smallest absolute Gasteiger partial charge is 0.408 e. The Kier molecular flexibility index (Phi) is 13.0. The van der Waals surface area contributed by atoms with Gasteiger partial charge in [-0.15, -0.1) is 0 Å². The van der Waals surface area contributed by atoms with Crippen LogP contribution in [-0.4, -0.2) is 42.1 Å². The van der Waals surface area contributed by atoms with Crippen molar-refractivity contribution in [2.45, 2.75) is 81.8 Å². The molecule has 2 aliphatic carbocycles. The minimum absolute atomic E-state index is 0. The molecule has 8 nitrogen and oxygen atoms in total. The molecule has 1 saturated heterocycles. The van der Waals surface area contributed by atoms with Crippen LogP contribution < -0.4 is 16.0 Å². The van der Waals surface area contributed by atoms with Crippen molar-refractivity contribution in [3.05, 3.63) is 40.9 Å². The number of amides is 3. The van der Waals surface area contributed by atoms with E-state index < -0.39 is 24.1 Å². The number of benzene rings is 1. The second kappa shape index (κ2) is 15.4. The Morgan fingerprint density at radius 2 is 1.92 bits per heavy atom. The number of nitrogens with one attached hydrogen (secondary N) is 3. The van der Waals surface area contributed by atoms with Gasteiger partial charge in [-0.1, -0.05) is 61.9 Å². The summed E-state index contributed by atoms with van der Waals surface area (Å²) in [6, 6.07) is 7.82. The molecule has 4 rings (SSSR count). The van der Waals surface area contributed by atoms with Gasteiger partial charge in [-0.3, -0.25) is 9.59 Å². The highest BCUT2D eigenvalue weighted by Gasteiger charge is 2.52. The van der Waals surface area contributed by atoms with Gasteiger partial charge in [0.2, 0.25) is 11.8 Å². The van der Waals surface area contributed by atoms with E-state index in [1.165, 1.54) is 6.42 Å². The number of hydrogen-bond acceptors (Lipinski definition) is 5. The zero-order valence-electron chi connectivity index (χ0n) is 22.0. The lowest BCUT2D eigenvalue weighted by molar-refractivity contribution is -0.125. The highest BCUT2D eigenvalue weighted by Crippen LogP contribution is 2.46. The number of halogens is 1. The Hall–Kier alpha value is -2.35. The van der Waals surface area contributed by atoms with E-state index in [0.29, 0.717) is 23.8 Å². The summed E-state index contributed by atoms with van der Waals surface area (Å²) in [6.45, 7) is 0.0372. The third-order valence-electron chi connectivity index (χ3n) is 7.61. The van der Waals surface area contributed by atoms with Gasteiger partial charge < -0.3 is 20.7 Å². The highest BCUT2D eigenvalue weighted by molar-refractivity contribution is 7.59. The van der Waals surface area contributed by atoms with Crippen molar-refractivity contribution in [3.63, 3.8) is 0 Å². The van der Waals surface area contributed by atoms with Crippen LogP contribution in [0.25, 0.3) is 6.08 Å². The van der Waals surface area contributed by atoms with Gasteiger partial charge in [-0.2, -0.15) is 32.3 Å². The summed E-state index contributed by atoms with van der Waals surface area (Å²) < 4.78 is 5.28. The molecule has 0 bridgehead atoms. The van der Waals surface area contributed by atoms with E-state index in [2.05, 4.69) is 22.0 Å². The number of rotatable bonds is 10. The van der Waals surface area contributed by atoms with E-state index in [1.807, 2.05) is 12.1 Å². The zero-order valence-corrected chi connectivity index (χ0v) is 24.8. The van der Waals surface area contributed by atoms with Gasteiger partial charge in [0.1, 0.15) is 18.7 Å². The fourth-order valence-corrected chi connectivity index (χ4v) is 5.64. The summed E-state index contributed by atoms with van der Waals surface area (Å²) in [5, 5.41) is 18.8. The number of nitriles is 1. The molecule has 214 valence electrons. The van der Waals surface area contributed by atoms with Crippen molar-refractivity contribution >= 4 is 62.6 Å². The maximum Gasteiger partial charge on any atom is 0.408 e. The molecule has 1 aromatic carbocycles. The number of carbonyl (C=O) groups is 3. The fourth-order valence-electron chi connectivity index (χ4n) is 5.44. The van der Waals surface area contributed by atoms with Crippen LogP contribution in [0, 0.1) is 23.2 Å². The van der Waals surface area contributed by atoms with E-state index in [9.17, 15) is 19.6 Å². The molecule has 3 N–H and O–H groups in total. The van der Waals surface area contributed by atoms with Crippen molar-refractivity contribution in [2.75, 3.05) is 6.61 Å². The first-order valence-electron chi connectivity index (χ1n) is 13.2. The van der Waals surface area contributed by atoms with E-state index in [-0.39, 0.29) is 57.4 Å². The summed E-state index contributed by atoms with van der Waals surface area (Å²) in [5.41, 5.74) is 0.805. The van der Waals surface area contributed by atoms with Crippen molar-refractivity contribution in [3.8, 4) is 6.07 Å². The second-order valence-electron chi connectivity index (χ2n) is 10.6. The predicted octanol–water partition coefficient (Wildman–Crippen LogP) is 4.71. The van der Waals surface area contributed by atoms with Crippen LogP contribution in [0.15, 0.2) is 30.3 Å². The summed E-state index contributed by atoms with van der Waals surface area (Å²) >= 11 is 5.98. The molecule has 3 fully saturated rings. The maximum absolute atomic E-state index is 13.2. The van der Waals surface area contributed by atoms with Gasteiger partial charge in [0.15, 0.2) is 0 Å². The number of alkyl carbamates (subject to hydrolysis) is 1. The van der Waals surface area contributed by atoms with Crippen LogP contribution in [0.5, 0.6) is 0 Å². The molecule has 0 radical (unpaired) electrons. The number of hydrogen-bond donors (Lipinski definition) is 3. The van der Waals surface area contributed by atoms with Crippen LogP contribution in [-0.2, 0) is 14.3 Å². The molecule has 39 heavy (non-hydrogen) atoms. The van der Waals surface area contributed by atoms with E-state index in [4.69, 9.17) is 16.3 Å². The van der Waals surface area contributed by atoms with Gasteiger partial charge >= 0.3 is 6.09 Å². The lowest BCUT2D eigenvalue weighted by atomic mass is 9.84. The summed E-state index contributed by atoms with van der Waals surface area (Å²) in [7, 11) is 0. The Labute approximate surface area is 249 Å². The minimum atomic E-state index is -0.810. The van der Waals surface area contributed by atoms with Crippen molar-refractivity contribution < 1.29 is 19.1 Å². The molecule has 1 unspecified atom stereocenters. The average molecular weight is 595 g/mol. The molecule has 0 aromatic heterocycles. The Morgan fingerprint density at radius 3 is 2.56 bits per heavy atom.